The summed E-state index contributed by atoms with van der Waals surface area (Å²) in [5, 5.41) is 2.79. The summed E-state index contributed by atoms with van der Waals surface area (Å²) >= 11 is 0. The van der Waals surface area contributed by atoms with Crippen molar-refractivity contribution in [2.75, 3.05) is 11.9 Å². The predicted molar refractivity (Wildman–Crippen MR) is 84.1 cm³/mol. The number of hydrogen-bond donors (Lipinski definition) is 1. The van der Waals surface area contributed by atoms with E-state index in [1.807, 2.05) is 13.8 Å². The number of pyridine rings is 1. The number of nitrogens with zero attached hydrogens (tertiary/aromatic N) is 1. The van der Waals surface area contributed by atoms with Crippen LogP contribution in [0.2, 0.25) is 0 Å². The van der Waals surface area contributed by atoms with Crippen LogP contribution in [-0.4, -0.2) is 23.5 Å². The minimum atomic E-state index is -0.374. The van der Waals surface area contributed by atoms with Gasteiger partial charge in [-0.25, -0.2) is 4.79 Å². The minimum Gasteiger partial charge on any atom is -0.462 e. The molecule has 2 aromatic rings. The van der Waals surface area contributed by atoms with Gasteiger partial charge in [0.25, 0.3) is 5.91 Å². The molecule has 1 N–H and O–H groups in total. The summed E-state index contributed by atoms with van der Waals surface area (Å²) in [4.78, 5) is 28.0. The lowest BCUT2D eigenvalue weighted by molar-refractivity contribution is 0.0526. The third-order valence-corrected chi connectivity index (χ3v) is 3.00. The highest BCUT2D eigenvalue weighted by atomic mass is 16.5. The van der Waals surface area contributed by atoms with E-state index < -0.39 is 0 Å². The number of nitrogens with one attached hydrogen (secondary N) is 1. The second kappa shape index (κ2) is 6.85. The van der Waals surface area contributed by atoms with Crippen molar-refractivity contribution >= 4 is 17.6 Å². The highest BCUT2D eigenvalue weighted by Gasteiger charge is 2.09. The smallest absolute Gasteiger partial charge is 0.338 e. The lowest BCUT2D eigenvalue weighted by Gasteiger charge is -2.08. The van der Waals surface area contributed by atoms with E-state index in [0.29, 0.717) is 23.4 Å². The van der Waals surface area contributed by atoms with Gasteiger partial charge in [-0.1, -0.05) is 0 Å². The highest BCUT2D eigenvalue weighted by Crippen LogP contribution is 2.13. The molecule has 0 aliphatic carbocycles. The Balaban J connectivity index is 2.10. The monoisotopic (exact) mass is 298 g/mol. The van der Waals surface area contributed by atoms with Crippen LogP contribution in [0.4, 0.5) is 5.69 Å². The average Bonchev–Trinajstić information content (AvgIpc) is 2.47. The maximum absolute atomic E-state index is 12.2. The highest BCUT2D eigenvalue weighted by molar-refractivity contribution is 6.04. The molecule has 114 valence electrons. The number of esters is 1. The first-order valence-corrected chi connectivity index (χ1v) is 7.03. The van der Waals surface area contributed by atoms with Crippen molar-refractivity contribution in [1.82, 2.24) is 4.98 Å². The summed E-state index contributed by atoms with van der Waals surface area (Å²) in [6.07, 6.45) is 0. The molecule has 1 amide bonds. The standard InChI is InChI=1S/C17H18N2O3/c1-4-22-17(21)13-5-7-15(8-6-13)19-16(20)14-9-11(2)18-12(3)10-14/h5-10H,4H2,1-3H3,(H,19,20). The summed E-state index contributed by atoms with van der Waals surface area (Å²) < 4.78 is 4.91. The molecule has 0 spiro atoms. The van der Waals surface area contributed by atoms with Gasteiger partial charge in [-0.2, -0.15) is 0 Å². The first-order chi connectivity index (χ1) is 10.5. The van der Waals surface area contributed by atoms with Gasteiger partial charge in [0.15, 0.2) is 0 Å². The van der Waals surface area contributed by atoms with Crippen molar-refractivity contribution in [3.63, 3.8) is 0 Å². The molecule has 0 saturated carbocycles. The third-order valence-electron chi connectivity index (χ3n) is 3.00. The minimum absolute atomic E-state index is 0.211. The Morgan fingerprint density at radius 1 is 1.05 bits per heavy atom. The Bertz CT molecular complexity index is 673. The Hall–Kier alpha value is -2.69. The number of amides is 1. The molecule has 0 aliphatic heterocycles. The van der Waals surface area contributed by atoms with Crippen LogP contribution >= 0.6 is 0 Å². The van der Waals surface area contributed by atoms with Gasteiger partial charge < -0.3 is 10.1 Å². The maximum Gasteiger partial charge on any atom is 0.338 e. The SMILES string of the molecule is CCOC(=O)c1ccc(NC(=O)c2cc(C)nc(C)c2)cc1. The molecule has 0 radical (unpaired) electrons. The average molecular weight is 298 g/mol. The van der Waals surface area contributed by atoms with Gasteiger partial charge in [0, 0.05) is 22.6 Å². The first kappa shape index (κ1) is 15.7. The number of benzene rings is 1. The zero-order valence-corrected chi connectivity index (χ0v) is 12.8. The van der Waals surface area contributed by atoms with Gasteiger partial charge in [0.1, 0.15) is 0 Å². The van der Waals surface area contributed by atoms with Crippen molar-refractivity contribution in [1.29, 1.82) is 0 Å². The number of carbonyl (C=O) groups is 2. The van der Waals surface area contributed by atoms with E-state index in [-0.39, 0.29) is 11.9 Å². The Morgan fingerprint density at radius 2 is 1.64 bits per heavy atom. The van der Waals surface area contributed by atoms with Crippen LogP contribution < -0.4 is 5.32 Å². The molecule has 5 heteroatoms. The fourth-order valence-corrected chi connectivity index (χ4v) is 2.07. The Labute approximate surface area is 129 Å². The molecule has 0 fully saturated rings. The van der Waals surface area contributed by atoms with Crippen molar-refractivity contribution in [3.8, 4) is 0 Å². The zero-order chi connectivity index (χ0) is 16.1. The van der Waals surface area contributed by atoms with Crippen LogP contribution in [0.1, 0.15) is 39.0 Å². The van der Waals surface area contributed by atoms with E-state index in [9.17, 15) is 9.59 Å². The number of carbonyl (C=O) groups excluding carboxylic acids is 2. The van der Waals surface area contributed by atoms with Crippen LogP contribution in [0.3, 0.4) is 0 Å². The Morgan fingerprint density at radius 3 is 2.18 bits per heavy atom. The second-order valence-electron chi connectivity index (χ2n) is 4.89. The third kappa shape index (κ3) is 3.91. The summed E-state index contributed by atoms with van der Waals surface area (Å²) in [5.41, 5.74) is 3.21. The van der Waals surface area contributed by atoms with E-state index in [1.165, 1.54) is 0 Å². The van der Waals surface area contributed by atoms with E-state index in [1.54, 1.807) is 43.3 Å². The fraction of sp³-hybridized carbons (Fsp3) is 0.235. The number of hydrogen-bond acceptors (Lipinski definition) is 4. The molecule has 0 saturated heterocycles. The number of anilines is 1. The molecule has 5 nitrogen and oxygen atoms in total. The molecule has 2 rings (SSSR count). The van der Waals surface area contributed by atoms with E-state index in [4.69, 9.17) is 4.74 Å². The molecule has 0 atom stereocenters. The van der Waals surface area contributed by atoms with Gasteiger partial charge >= 0.3 is 5.97 Å². The second-order valence-corrected chi connectivity index (χ2v) is 4.89. The summed E-state index contributed by atoms with van der Waals surface area (Å²) in [5.74, 6) is -0.585. The van der Waals surface area contributed by atoms with Crippen LogP contribution in [0.5, 0.6) is 0 Å². The van der Waals surface area contributed by atoms with Crippen molar-refractivity contribution in [2.45, 2.75) is 20.8 Å². The molecule has 0 aliphatic rings. The number of aromatic nitrogens is 1. The van der Waals surface area contributed by atoms with Gasteiger partial charge in [-0.15, -0.1) is 0 Å². The van der Waals surface area contributed by atoms with Gasteiger partial charge in [0.05, 0.1) is 12.2 Å². The molecular formula is C17H18N2O3. The van der Waals surface area contributed by atoms with E-state index in [0.717, 1.165) is 11.4 Å². The number of aryl methyl sites for hydroxylation is 2. The lowest BCUT2D eigenvalue weighted by atomic mass is 10.1. The van der Waals surface area contributed by atoms with Crippen LogP contribution in [0.25, 0.3) is 0 Å². The van der Waals surface area contributed by atoms with Crippen molar-refractivity contribution in [2.24, 2.45) is 0 Å². The molecule has 1 heterocycles. The topological polar surface area (TPSA) is 68.3 Å². The quantitative estimate of drug-likeness (QED) is 0.881. The largest absolute Gasteiger partial charge is 0.462 e. The fourth-order valence-electron chi connectivity index (χ4n) is 2.07. The van der Waals surface area contributed by atoms with E-state index in [2.05, 4.69) is 10.3 Å². The van der Waals surface area contributed by atoms with Crippen LogP contribution in [-0.2, 0) is 4.74 Å². The molecule has 0 bridgehead atoms. The van der Waals surface area contributed by atoms with E-state index >= 15 is 0 Å². The van der Waals surface area contributed by atoms with Gasteiger partial charge in [0.2, 0.25) is 0 Å². The number of ether oxygens (including phenoxy) is 1. The number of rotatable bonds is 4. The molecule has 1 aromatic carbocycles. The van der Waals surface area contributed by atoms with Crippen molar-refractivity contribution < 1.29 is 14.3 Å². The lowest BCUT2D eigenvalue weighted by Crippen LogP contribution is -2.13. The molecule has 0 unspecified atom stereocenters. The van der Waals surface area contributed by atoms with Crippen LogP contribution in [0.15, 0.2) is 36.4 Å². The van der Waals surface area contributed by atoms with Crippen molar-refractivity contribution in [3.05, 3.63) is 58.9 Å². The summed E-state index contributed by atoms with van der Waals surface area (Å²) in [6.45, 7) is 5.78. The summed E-state index contributed by atoms with van der Waals surface area (Å²) in [6, 6.07) is 10.0. The summed E-state index contributed by atoms with van der Waals surface area (Å²) in [7, 11) is 0. The molecular weight excluding hydrogens is 280 g/mol. The first-order valence-electron chi connectivity index (χ1n) is 7.03. The van der Waals surface area contributed by atoms with Crippen LogP contribution in [0, 0.1) is 13.8 Å². The zero-order valence-electron chi connectivity index (χ0n) is 12.8. The van der Waals surface area contributed by atoms with Gasteiger partial charge in [-0.05, 0) is 57.2 Å². The molecule has 1 aromatic heterocycles. The Kier molecular flexibility index (Phi) is 4.88. The normalized spacial score (nSPS) is 10.1. The van der Waals surface area contributed by atoms with Gasteiger partial charge in [-0.3, -0.25) is 9.78 Å². The maximum atomic E-state index is 12.2. The predicted octanol–water partition coefficient (Wildman–Crippen LogP) is 3.13. The molecule has 22 heavy (non-hydrogen) atoms.